The van der Waals surface area contributed by atoms with Gasteiger partial charge in [-0.1, -0.05) is 0 Å². The van der Waals surface area contributed by atoms with E-state index in [1.807, 2.05) is 0 Å². The Morgan fingerprint density at radius 3 is 2.00 bits per heavy atom. The molecule has 8 heteroatoms. The third-order valence-electron chi connectivity index (χ3n) is 2.90. The monoisotopic (exact) mass is 330 g/mol. The average Bonchev–Trinajstić information content (AvgIpc) is 2.28. The highest BCUT2D eigenvalue weighted by atomic mass is 19.4. The lowest BCUT2D eigenvalue weighted by Crippen LogP contribution is -2.36. The van der Waals surface area contributed by atoms with Gasteiger partial charge in [0, 0.05) is 6.42 Å². The van der Waals surface area contributed by atoms with E-state index in [2.05, 4.69) is 0 Å². The Kier molecular flexibility index (Phi) is 7.83. The summed E-state index contributed by atoms with van der Waals surface area (Å²) >= 11 is 0. The zero-order valence-electron chi connectivity index (χ0n) is 12.9. The van der Waals surface area contributed by atoms with Gasteiger partial charge < -0.3 is 9.84 Å². The van der Waals surface area contributed by atoms with Gasteiger partial charge in [-0.15, -0.1) is 0 Å². The van der Waals surface area contributed by atoms with Gasteiger partial charge >= 0.3 is 18.1 Å². The quantitative estimate of drug-likeness (QED) is 0.544. The summed E-state index contributed by atoms with van der Waals surface area (Å²) in [6.45, 7) is 3.89. The summed E-state index contributed by atoms with van der Waals surface area (Å²) in [6.07, 6.45) is -6.86. The molecular weight excluding hydrogens is 308 g/mol. The number of esters is 1. The van der Waals surface area contributed by atoms with Crippen molar-refractivity contribution < 1.29 is 37.0 Å². The number of halogens is 4. The van der Waals surface area contributed by atoms with Gasteiger partial charge in [-0.25, -0.2) is 0 Å². The second-order valence-corrected chi connectivity index (χ2v) is 6.07. The maximum absolute atomic E-state index is 12.3. The lowest BCUT2D eigenvalue weighted by molar-refractivity contribution is -0.170. The fourth-order valence-corrected chi connectivity index (χ4v) is 1.97. The third kappa shape index (κ3) is 8.84. The normalized spacial score (nSPS) is 15.2. The van der Waals surface area contributed by atoms with Crippen molar-refractivity contribution in [2.24, 2.45) is 11.8 Å². The van der Waals surface area contributed by atoms with Crippen LogP contribution >= 0.6 is 0 Å². The summed E-state index contributed by atoms with van der Waals surface area (Å²) in [4.78, 5) is 23.3. The molecule has 0 aromatic rings. The number of rotatable bonds is 8. The second kappa shape index (κ2) is 8.33. The van der Waals surface area contributed by atoms with Gasteiger partial charge in [-0.05, 0) is 40.0 Å². The first kappa shape index (κ1) is 20.7. The van der Waals surface area contributed by atoms with Crippen LogP contribution in [0.25, 0.3) is 0 Å². The summed E-state index contributed by atoms with van der Waals surface area (Å²) in [6, 6.07) is 0. The first-order valence-corrected chi connectivity index (χ1v) is 6.96. The number of hydrogen-bond donors (Lipinski definition) is 1. The van der Waals surface area contributed by atoms with E-state index < -0.39 is 55.1 Å². The molecule has 0 aliphatic rings. The second-order valence-electron chi connectivity index (χ2n) is 6.07. The van der Waals surface area contributed by atoms with Gasteiger partial charge in [0.25, 0.3) is 0 Å². The molecule has 0 bridgehead atoms. The molecule has 0 aromatic heterocycles. The average molecular weight is 330 g/mol. The Balaban J connectivity index is 5.13. The standard InChI is InChI=1S/C14H22F4O4/c1-13(2,3)22-12(21)10(5-4-8-15)9(11(19)20)6-7-14(16,17)18/h9-10H,4-8H2,1-3H3,(H,19,20)/t9-,10+/m1/s1. The highest BCUT2D eigenvalue weighted by Gasteiger charge is 2.39. The summed E-state index contributed by atoms with van der Waals surface area (Å²) in [5.74, 6) is -5.27. The number of carboxylic acid groups (broad SMARTS) is 1. The van der Waals surface area contributed by atoms with E-state index >= 15 is 0 Å². The predicted octanol–water partition coefficient (Wildman–Crippen LogP) is 3.74. The predicted molar refractivity (Wildman–Crippen MR) is 71.0 cm³/mol. The van der Waals surface area contributed by atoms with Crippen LogP contribution in [0.15, 0.2) is 0 Å². The van der Waals surface area contributed by atoms with Crippen LogP contribution in [-0.2, 0) is 14.3 Å². The molecule has 130 valence electrons. The minimum Gasteiger partial charge on any atom is -0.481 e. The lowest BCUT2D eigenvalue weighted by atomic mass is 9.85. The number of aliphatic carboxylic acids is 1. The molecule has 0 saturated heterocycles. The number of carboxylic acids is 1. The van der Waals surface area contributed by atoms with Crippen molar-refractivity contribution in [2.75, 3.05) is 6.67 Å². The molecule has 0 rings (SSSR count). The van der Waals surface area contributed by atoms with Gasteiger partial charge in [-0.2, -0.15) is 13.2 Å². The van der Waals surface area contributed by atoms with Gasteiger partial charge in [-0.3, -0.25) is 14.0 Å². The van der Waals surface area contributed by atoms with E-state index in [1.54, 1.807) is 20.8 Å². The van der Waals surface area contributed by atoms with Crippen LogP contribution < -0.4 is 0 Å². The molecule has 0 spiro atoms. The van der Waals surface area contributed by atoms with Crippen molar-refractivity contribution >= 4 is 11.9 Å². The van der Waals surface area contributed by atoms with Gasteiger partial charge in [0.2, 0.25) is 0 Å². The molecule has 2 atom stereocenters. The molecular formula is C14H22F4O4. The number of carbonyl (C=O) groups excluding carboxylic acids is 1. The Bertz CT molecular complexity index is 374. The Morgan fingerprint density at radius 1 is 1.09 bits per heavy atom. The lowest BCUT2D eigenvalue weighted by Gasteiger charge is -2.27. The van der Waals surface area contributed by atoms with Crippen LogP contribution in [-0.4, -0.2) is 35.5 Å². The first-order chi connectivity index (χ1) is 9.87. The van der Waals surface area contributed by atoms with Crippen molar-refractivity contribution in [1.29, 1.82) is 0 Å². The highest BCUT2D eigenvalue weighted by Crippen LogP contribution is 2.31. The molecule has 0 heterocycles. The largest absolute Gasteiger partial charge is 0.481 e. The van der Waals surface area contributed by atoms with Crippen molar-refractivity contribution in [3.8, 4) is 0 Å². The molecule has 4 nitrogen and oxygen atoms in total. The van der Waals surface area contributed by atoms with Crippen molar-refractivity contribution in [3.63, 3.8) is 0 Å². The molecule has 0 fully saturated rings. The number of hydrogen-bond acceptors (Lipinski definition) is 3. The Labute approximate surface area is 126 Å². The Morgan fingerprint density at radius 2 is 1.64 bits per heavy atom. The number of carbonyl (C=O) groups is 2. The van der Waals surface area contributed by atoms with E-state index in [9.17, 15) is 27.2 Å². The smallest absolute Gasteiger partial charge is 0.389 e. The minimum absolute atomic E-state index is 0.111. The molecule has 0 saturated carbocycles. The number of alkyl halides is 4. The van der Waals surface area contributed by atoms with Gasteiger partial charge in [0.1, 0.15) is 5.60 Å². The molecule has 0 aromatic carbocycles. The first-order valence-electron chi connectivity index (χ1n) is 6.96. The maximum Gasteiger partial charge on any atom is 0.389 e. The topological polar surface area (TPSA) is 63.6 Å². The van der Waals surface area contributed by atoms with Crippen molar-refractivity contribution in [3.05, 3.63) is 0 Å². The fraction of sp³-hybridized carbons (Fsp3) is 0.857. The van der Waals surface area contributed by atoms with Crippen LogP contribution in [0.2, 0.25) is 0 Å². The highest BCUT2D eigenvalue weighted by molar-refractivity contribution is 5.81. The summed E-state index contributed by atoms with van der Waals surface area (Å²) < 4.78 is 54.3. The summed E-state index contributed by atoms with van der Waals surface area (Å²) in [7, 11) is 0. The molecule has 1 N–H and O–H groups in total. The Hall–Kier alpha value is -1.34. The summed E-state index contributed by atoms with van der Waals surface area (Å²) in [5, 5.41) is 9.12. The van der Waals surface area contributed by atoms with Crippen molar-refractivity contribution in [1.82, 2.24) is 0 Å². The van der Waals surface area contributed by atoms with Crippen LogP contribution in [0.1, 0.15) is 46.5 Å². The molecule has 0 aliphatic carbocycles. The van der Waals surface area contributed by atoms with Gasteiger partial charge in [0.15, 0.2) is 0 Å². The van der Waals surface area contributed by atoms with Crippen LogP contribution in [0.4, 0.5) is 17.6 Å². The summed E-state index contributed by atoms with van der Waals surface area (Å²) in [5.41, 5.74) is -0.905. The molecule has 0 radical (unpaired) electrons. The van der Waals surface area contributed by atoms with Crippen LogP contribution in [0, 0.1) is 11.8 Å². The van der Waals surface area contributed by atoms with Crippen molar-refractivity contribution in [2.45, 2.75) is 58.2 Å². The van der Waals surface area contributed by atoms with E-state index in [0.717, 1.165) is 0 Å². The SMILES string of the molecule is CC(C)(C)OC(=O)[C@@H](CCCF)[C@@H](CCC(F)(F)F)C(=O)O. The third-order valence-corrected chi connectivity index (χ3v) is 2.90. The zero-order valence-corrected chi connectivity index (χ0v) is 12.9. The van der Waals surface area contributed by atoms with E-state index in [1.165, 1.54) is 0 Å². The zero-order chi connectivity index (χ0) is 17.6. The van der Waals surface area contributed by atoms with Crippen LogP contribution in [0.3, 0.4) is 0 Å². The molecule has 22 heavy (non-hydrogen) atoms. The minimum atomic E-state index is -4.52. The fourth-order valence-electron chi connectivity index (χ4n) is 1.97. The van der Waals surface area contributed by atoms with E-state index in [4.69, 9.17) is 9.84 Å². The molecule has 0 unspecified atom stereocenters. The molecule has 0 aliphatic heterocycles. The maximum atomic E-state index is 12.3. The number of ether oxygens (including phenoxy) is 1. The van der Waals surface area contributed by atoms with E-state index in [-0.39, 0.29) is 12.8 Å². The van der Waals surface area contributed by atoms with Crippen LogP contribution in [0.5, 0.6) is 0 Å². The van der Waals surface area contributed by atoms with E-state index in [0.29, 0.717) is 0 Å². The molecule has 0 amide bonds. The van der Waals surface area contributed by atoms with Gasteiger partial charge in [0.05, 0.1) is 18.5 Å².